The Labute approximate surface area is 139 Å². The summed E-state index contributed by atoms with van der Waals surface area (Å²) in [5.74, 6) is -2.06. The lowest BCUT2D eigenvalue weighted by molar-refractivity contribution is -0.192. The van der Waals surface area contributed by atoms with Gasteiger partial charge in [-0.25, -0.2) is 4.79 Å². The Kier molecular flexibility index (Phi) is 6.86. The number of alkyl halides is 6. The highest BCUT2D eigenvalue weighted by atomic mass is 19.4. The monoisotopic (exact) mass is 371 g/mol. The highest BCUT2D eigenvalue weighted by Crippen LogP contribution is 2.33. The second-order valence-electron chi connectivity index (χ2n) is 5.03. The third-order valence-corrected chi connectivity index (χ3v) is 3.16. The van der Waals surface area contributed by atoms with Crippen LogP contribution in [-0.4, -0.2) is 37.5 Å². The fourth-order valence-corrected chi connectivity index (χ4v) is 1.71. The van der Waals surface area contributed by atoms with Crippen molar-refractivity contribution in [2.45, 2.75) is 12.4 Å². The number of nitrogens with one attached hydrogen (secondary N) is 1. The molecule has 25 heavy (non-hydrogen) atoms. The molecule has 1 aromatic rings. The minimum absolute atomic E-state index is 0.244. The van der Waals surface area contributed by atoms with E-state index >= 15 is 0 Å². The Bertz CT molecular complexity index is 621. The number of carbonyl (C=O) groups is 1. The first kappa shape index (κ1) is 20.8. The van der Waals surface area contributed by atoms with E-state index < -0.39 is 23.9 Å². The molecule has 0 amide bonds. The third kappa shape index (κ3) is 6.65. The first-order chi connectivity index (χ1) is 11.4. The molecule has 2 rings (SSSR count). The summed E-state index contributed by atoms with van der Waals surface area (Å²) in [5.41, 5.74) is -0.0285. The molecule has 1 aliphatic rings. The van der Waals surface area contributed by atoms with Crippen LogP contribution >= 0.6 is 0 Å². The van der Waals surface area contributed by atoms with Crippen LogP contribution in [0.1, 0.15) is 11.1 Å². The van der Waals surface area contributed by atoms with Crippen molar-refractivity contribution in [2.75, 3.05) is 20.2 Å². The fourth-order valence-electron chi connectivity index (χ4n) is 1.71. The largest absolute Gasteiger partial charge is 0.496 e. The number of carboxylic acids is 1. The van der Waals surface area contributed by atoms with Crippen molar-refractivity contribution < 1.29 is 41.0 Å². The molecule has 0 bridgehead atoms. The van der Waals surface area contributed by atoms with E-state index in [9.17, 15) is 26.3 Å². The summed E-state index contributed by atoms with van der Waals surface area (Å²) in [5, 5.41) is 10.2. The highest BCUT2D eigenvalue weighted by Gasteiger charge is 2.38. The number of rotatable bonds is 3. The highest BCUT2D eigenvalue weighted by molar-refractivity contribution is 5.73. The topological polar surface area (TPSA) is 58.6 Å². The van der Waals surface area contributed by atoms with Gasteiger partial charge in [0, 0.05) is 24.6 Å². The van der Waals surface area contributed by atoms with Crippen LogP contribution in [0.3, 0.4) is 0 Å². The number of halogens is 6. The van der Waals surface area contributed by atoms with Gasteiger partial charge in [0.15, 0.2) is 0 Å². The lowest BCUT2D eigenvalue weighted by Crippen LogP contribution is -2.40. The zero-order chi connectivity index (χ0) is 19.3. The average Bonchev–Trinajstić information content (AvgIpc) is 2.44. The van der Waals surface area contributed by atoms with Crippen molar-refractivity contribution in [3.8, 4) is 5.75 Å². The van der Waals surface area contributed by atoms with Crippen LogP contribution in [-0.2, 0) is 11.0 Å². The minimum atomic E-state index is -5.08. The van der Waals surface area contributed by atoms with E-state index in [1.165, 1.54) is 13.2 Å². The predicted octanol–water partition coefficient (Wildman–Crippen LogP) is 3.58. The number of hydrogen-bond acceptors (Lipinski definition) is 3. The van der Waals surface area contributed by atoms with Gasteiger partial charge in [0.05, 0.1) is 12.7 Å². The first-order valence-electron chi connectivity index (χ1n) is 6.89. The summed E-state index contributed by atoms with van der Waals surface area (Å²) < 4.78 is 74.3. The quantitative estimate of drug-likeness (QED) is 0.798. The Morgan fingerprint density at radius 3 is 2.16 bits per heavy atom. The molecule has 1 aromatic carbocycles. The molecular weight excluding hydrogens is 356 g/mol. The zero-order valence-electron chi connectivity index (χ0n) is 12.9. The molecule has 2 N–H and O–H groups in total. The molecular formula is C15H15F6NO3. The summed E-state index contributed by atoms with van der Waals surface area (Å²) in [6, 6.07) is 3.53. The maximum Gasteiger partial charge on any atom is 0.490 e. The van der Waals surface area contributed by atoms with E-state index in [4.69, 9.17) is 14.6 Å². The summed E-state index contributed by atoms with van der Waals surface area (Å²) in [6.07, 6.45) is -5.63. The van der Waals surface area contributed by atoms with Crippen molar-refractivity contribution in [1.82, 2.24) is 5.32 Å². The second-order valence-corrected chi connectivity index (χ2v) is 5.03. The lowest BCUT2D eigenvalue weighted by Gasteiger charge is -2.23. The standard InChI is InChI=1S/C13H14F3NO.C2HF3O2/c1-18-12-6-11(13(14,15)16)5-4-10(12)3-2-9-7-17-8-9;3-2(4,5)1(6)7/h2-6,9,17H,7-8H2,1H3;(H,6,7). The van der Waals surface area contributed by atoms with Gasteiger partial charge in [-0.2, -0.15) is 26.3 Å². The molecule has 0 unspecified atom stereocenters. The van der Waals surface area contributed by atoms with Crippen molar-refractivity contribution in [1.29, 1.82) is 0 Å². The number of carboxylic acid groups (broad SMARTS) is 1. The van der Waals surface area contributed by atoms with Gasteiger partial charge in [-0.3, -0.25) is 0 Å². The van der Waals surface area contributed by atoms with Gasteiger partial charge < -0.3 is 15.2 Å². The minimum Gasteiger partial charge on any atom is -0.496 e. The summed E-state index contributed by atoms with van der Waals surface area (Å²) in [7, 11) is 1.37. The van der Waals surface area contributed by atoms with E-state index in [1.54, 1.807) is 0 Å². The number of ether oxygens (including phenoxy) is 1. The molecule has 1 saturated heterocycles. The van der Waals surface area contributed by atoms with Crippen molar-refractivity contribution >= 4 is 12.0 Å². The fraction of sp³-hybridized carbons (Fsp3) is 0.400. The van der Waals surface area contributed by atoms with Crippen LogP contribution in [0.5, 0.6) is 5.75 Å². The molecule has 0 spiro atoms. The molecule has 0 aliphatic carbocycles. The first-order valence-corrected chi connectivity index (χ1v) is 6.89. The van der Waals surface area contributed by atoms with E-state index in [2.05, 4.69) is 5.32 Å². The Hall–Kier alpha value is -2.23. The molecule has 0 aromatic heterocycles. The van der Waals surface area contributed by atoms with Gasteiger partial charge in [-0.05, 0) is 12.1 Å². The molecule has 1 fully saturated rings. The third-order valence-electron chi connectivity index (χ3n) is 3.16. The van der Waals surface area contributed by atoms with Crippen LogP contribution in [0.25, 0.3) is 6.08 Å². The van der Waals surface area contributed by atoms with Crippen molar-refractivity contribution in [3.63, 3.8) is 0 Å². The van der Waals surface area contributed by atoms with Gasteiger partial charge in [0.25, 0.3) is 0 Å². The zero-order valence-corrected chi connectivity index (χ0v) is 12.9. The molecule has 0 radical (unpaired) electrons. The lowest BCUT2D eigenvalue weighted by atomic mass is 10.0. The summed E-state index contributed by atoms with van der Waals surface area (Å²) >= 11 is 0. The van der Waals surface area contributed by atoms with Gasteiger partial charge in [0.1, 0.15) is 5.75 Å². The van der Waals surface area contributed by atoms with Crippen molar-refractivity contribution in [3.05, 3.63) is 35.4 Å². The Balaban J connectivity index is 0.000000381. The maximum absolute atomic E-state index is 12.5. The number of benzene rings is 1. The number of aliphatic carboxylic acids is 1. The molecule has 10 heteroatoms. The van der Waals surface area contributed by atoms with Crippen LogP contribution in [0.15, 0.2) is 24.3 Å². The van der Waals surface area contributed by atoms with Gasteiger partial charge in [0.2, 0.25) is 0 Å². The smallest absolute Gasteiger partial charge is 0.490 e. The van der Waals surface area contributed by atoms with Gasteiger partial charge in [-0.15, -0.1) is 0 Å². The second kappa shape index (κ2) is 8.24. The number of hydrogen-bond donors (Lipinski definition) is 2. The molecule has 140 valence electrons. The molecule has 1 aliphatic heterocycles. The van der Waals surface area contributed by atoms with Gasteiger partial charge in [-0.1, -0.05) is 18.2 Å². The summed E-state index contributed by atoms with van der Waals surface area (Å²) in [6.45, 7) is 1.83. The molecule has 1 heterocycles. The van der Waals surface area contributed by atoms with E-state index in [1.807, 2.05) is 12.2 Å². The van der Waals surface area contributed by atoms with E-state index in [0.717, 1.165) is 25.2 Å². The van der Waals surface area contributed by atoms with Crippen molar-refractivity contribution in [2.24, 2.45) is 5.92 Å². The van der Waals surface area contributed by atoms with Gasteiger partial charge >= 0.3 is 18.3 Å². The van der Waals surface area contributed by atoms with Crippen LogP contribution in [0, 0.1) is 5.92 Å². The SMILES string of the molecule is COc1cc(C(F)(F)F)ccc1C=CC1CNC1.O=C(O)C(F)(F)F. The van der Waals surface area contributed by atoms with Crippen LogP contribution in [0.4, 0.5) is 26.3 Å². The van der Waals surface area contributed by atoms with E-state index in [0.29, 0.717) is 11.5 Å². The summed E-state index contributed by atoms with van der Waals surface area (Å²) in [4.78, 5) is 8.90. The van der Waals surface area contributed by atoms with E-state index in [-0.39, 0.29) is 5.75 Å². The Morgan fingerprint density at radius 1 is 1.24 bits per heavy atom. The average molecular weight is 371 g/mol. The molecule has 4 nitrogen and oxygen atoms in total. The maximum atomic E-state index is 12.5. The molecule has 0 saturated carbocycles. The normalized spacial score (nSPS) is 15.3. The van der Waals surface area contributed by atoms with Crippen LogP contribution in [0.2, 0.25) is 0 Å². The number of methoxy groups -OCH3 is 1. The van der Waals surface area contributed by atoms with Crippen LogP contribution < -0.4 is 10.1 Å². The predicted molar refractivity (Wildman–Crippen MR) is 77.1 cm³/mol. The molecule has 0 atom stereocenters. The Morgan fingerprint density at radius 2 is 1.80 bits per heavy atom.